The van der Waals surface area contributed by atoms with Gasteiger partial charge in [-0.05, 0) is 48.6 Å². The Morgan fingerprint density at radius 3 is 2.78 bits per heavy atom. The number of ether oxygens (including phenoxy) is 1. The molecule has 0 bridgehead atoms. The van der Waals surface area contributed by atoms with Crippen LogP contribution in [-0.4, -0.2) is 6.61 Å². The van der Waals surface area contributed by atoms with Crippen molar-refractivity contribution in [2.24, 2.45) is 0 Å². The summed E-state index contributed by atoms with van der Waals surface area (Å²) in [6.07, 6.45) is 1.86. The molecule has 1 aliphatic rings. The quantitative estimate of drug-likeness (QED) is 0.730. The van der Waals surface area contributed by atoms with E-state index in [4.69, 9.17) is 4.74 Å². The summed E-state index contributed by atoms with van der Waals surface area (Å²) in [5.74, 6) is 0.675. The van der Waals surface area contributed by atoms with Gasteiger partial charge in [-0.2, -0.15) is 0 Å². The van der Waals surface area contributed by atoms with Crippen LogP contribution >= 0.6 is 0 Å². The molecule has 2 aromatic carbocycles. The van der Waals surface area contributed by atoms with Crippen molar-refractivity contribution >= 4 is 0 Å². The van der Waals surface area contributed by atoms with Gasteiger partial charge in [-0.3, -0.25) is 0 Å². The Morgan fingerprint density at radius 2 is 1.94 bits per heavy atom. The molecule has 0 saturated carbocycles. The molecule has 92 valence electrons. The first-order valence-corrected chi connectivity index (χ1v) is 6.27. The molecule has 0 amide bonds. The molecule has 1 heterocycles. The van der Waals surface area contributed by atoms with Crippen LogP contribution in [0.5, 0.6) is 5.75 Å². The van der Waals surface area contributed by atoms with Crippen LogP contribution in [0, 0.1) is 12.7 Å². The molecule has 3 rings (SSSR count). The number of hydrogen-bond acceptors (Lipinski definition) is 1. The molecular weight excluding hydrogens is 227 g/mol. The van der Waals surface area contributed by atoms with Gasteiger partial charge in [-0.1, -0.05) is 24.3 Å². The average molecular weight is 242 g/mol. The van der Waals surface area contributed by atoms with E-state index in [1.54, 1.807) is 12.1 Å². The molecular formula is C16H15FO. The predicted molar refractivity (Wildman–Crippen MR) is 70.4 cm³/mol. The molecule has 0 unspecified atom stereocenters. The fourth-order valence-electron chi connectivity index (χ4n) is 2.52. The summed E-state index contributed by atoms with van der Waals surface area (Å²) in [6.45, 7) is 2.76. The number of rotatable bonds is 1. The van der Waals surface area contributed by atoms with Gasteiger partial charge in [-0.15, -0.1) is 0 Å². The minimum Gasteiger partial charge on any atom is -0.493 e. The molecule has 1 aliphatic heterocycles. The van der Waals surface area contributed by atoms with Crippen molar-refractivity contribution in [3.63, 3.8) is 0 Å². The highest BCUT2D eigenvalue weighted by Crippen LogP contribution is 2.38. The van der Waals surface area contributed by atoms with Gasteiger partial charge in [0.15, 0.2) is 0 Å². The van der Waals surface area contributed by atoms with E-state index in [1.807, 2.05) is 31.2 Å². The highest BCUT2D eigenvalue weighted by molar-refractivity contribution is 5.75. The van der Waals surface area contributed by atoms with E-state index in [9.17, 15) is 4.39 Å². The van der Waals surface area contributed by atoms with E-state index < -0.39 is 0 Å². The van der Waals surface area contributed by atoms with E-state index in [2.05, 4.69) is 0 Å². The smallest absolute Gasteiger partial charge is 0.130 e. The molecule has 2 heteroatoms. The Hall–Kier alpha value is -1.83. The molecule has 0 radical (unpaired) electrons. The monoisotopic (exact) mass is 242 g/mol. The zero-order valence-electron chi connectivity index (χ0n) is 10.4. The van der Waals surface area contributed by atoms with Gasteiger partial charge < -0.3 is 4.74 Å². The Bertz CT molecular complexity index is 590. The average Bonchev–Trinajstić information content (AvgIpc) is 2.38. The van der Waals surface area contributed by atoms with Crippen molar-refractivity contribution in [1.29, 1.82) is 0 Å². The van der Waals surface area contributed by atoms with Gasteiger partial charge in [-0.25, -0.2) is 4.39 Å². The van der Waals surface area contributed by atoms with Crippen LogP contribution in [0.3, 0.4) is 0 Å². The maximum atomic E-state index is 13.7. The largest absolute Gasteiger partial charge is 0.493 e. The van der Waals surface area contributed by atoms with Gasteiger partial charge in [0.2, 0.25) is 0 Å². The third kappa shape index (κ3) is 1.88. The maximum Gasteiger partial charge on any atom is 0.130 e. The lowest BCUT2D eigenvalue weighted by Crippen LogP contribution is -2.10. The highest BCUT2D eigenvalue weighted by Gasteiger charge is 2.18. The van der Waals surface area contributed by atoms with Crippen LogP contribution in [-0.2, 0) is 6.42 Å². The number of fused-ring (bicyclic) bond motifs is 1. The van der Waals surface area contributed by atoms with Crippen molar-refractivity contribution in [2.75, 3.05) is 6.61 Å². The zero-order chi connectivity index (χ0) is 12.5. The second-order valence-corrected chi connectivity index (χ2v) is 4.71. The molecule has 0 saturated heterocycles. The van der Waals surface area contributed by atoms with Crippen molar-refractivity contribution < 1.29 is 9.13 Å². The van der Waals surface area contributed by atoms with Gasteiger partial charge >= 0.3 is 0 Å². The van der Waals surface area contributed by atoms with Crippen molar-refractivity contribution in [2.45, 2.75) is 19.8 Å². The summed E-state index contributed by atoms with van der Waals surface area (Å²) < 4.78 is 19.5. The summed E-state index contributed by atoms with van der Waals surface area (Å²) >= 11 is 0. The molecule has 0 N–H and O–H groups in total. The van der Waals surface area contributed by atoms with Crippen LogP contribution in [0.1, 0.15) is 17.5 Å². The standard InChI is InChI=1S/C16H15FO/c1-11-5-2-3-7-14(11)15-10-13(17)9-12-6-4-8-18-16(12)15/h2-3,5,7,9-10H,4,6,8H2,1H3. The maximum absolute atomic E-state index is 13.7. The normalized spacial score (nSPS) is 13.9. The van der Waals surface area contributed by atoms with Gasteiger partial charge in [0, 0.05) is 5.56 Å². The molecule has 18 heavy (non-hydrogen) atoms. The zero-order valence-corrected chi connectivity index (χ0v) is 10.4. The fraction of sp³-hybridized carbons (Fsp3) is 0.250. The first kappa shape index (κ1) is 11.3. The summed E-state index contributed by atoms with van der Waals surface area (Å²) in [6, 6.07) is 11.2. The van der Waals surface area contributed by atoms with Crippen LogP contribution in [0.2, 0.25) is 0 Å². The topological polar surface area (TPSA) is 9.23 Å². The third-order valence-corrected chi connectivity index (χ3v) is 3.40. The van der Waals surface area contributed by atoms with Gasteiger partial charge in [0.25, 0.3) is 0 Å². The lowest BCUT2D eigenvalue weighted by atomic mass is 9.95. The van der Waals surface area contributed by atoms with Crippen molar-refractivity contribution in [3.05, 3.63) is 53.3 Å². The molecule has 0 aromatic heterocycles. The minimum atomic E-state index is -0.183. The molecule has 2 aromatic rings. The van der Waals surface area contributed by atoms with E-state index in [0.717, 1.165) is 47.5 Å². The van der Waals surface area contributed by atoms with E-state index in [1.165, 1.54) is 0 Å². The molecule has 0 spiro atoms. The predicted octanol–water partition coefficient (Wildman–Crippen LogP) is 4.13. The summed E-state index contributed by atoms with van der Waals surface area (Å²) in [5.41, 5.74) is 4.05. The van der Waals surface area contributed by atoms with E-state index in [-0.39, 0.29) is 5.82 Å². The van der Waals surface area contributed by atoms with Crippen LogP contribution in [0.25, 0.3) is 11.1 Å². The van der Waals surface area contributed by atoms with Crippen LogP contribution in [0.15, 0.2) is 36.4 Å². The molecule has 0 aliphatic carbocycles. The first-order valence-electron chi connectivity index (χ1n) is 6.27. The number of aryl methyl sites for hydroxylation is 2. The van der Waals surface area contributed by atoms with Crippen LogP contribution in [0.4, 0.5) is 4.39 Å². The number of benzene rings is 2. The Morgan fingerprint density at radius 1 is 1.11 bits per heavy atom. The second-order valence-electron chi connectivity index (χ2n) is 4.71. The molecule has 0 fully saturated rings. The van der Waals surface area contributed by atoms with Crippen molar-refractivity contribution in [1.82, 2.24) is 0 Å². The molecule has 1 nitrogen and oxygen atoms in total. The van der Waals surface area contributed by atoms with Crippen LogP contribution < -0.4 is 4.74 Å². The first-order chi connectivity index (χ1) is 8.75. The second kappa shape index (κ2) is 4.45. The van der Waals surface area contributed by atoms with Crippen molar-refractivity contribution in [3.8, 4) is 16.9 Å². The molecule has 0 atom stereocenters. The Balaban J connectivity index is 2.23. The lowest BCUT2D eigenvalue weighted by Gasteiger charge is -2.21. The summed E-state index contributed by atoms with van der Waals surface area (Å²) in [5, 5.41) is 0. The Kier molecular flexibility index (Phi) is 2.78. The number of hydrogen-bond donors (Lipinski definition) is 0. The third-order valence-electron chi connectivity index (χ3n) is 3.40. The number of halogens is 1. The van der Waals surface area contributed by atoms with E-state index in [0.29, 0.717) is 0 Å². The summed E-state index contributed by atoms with van der Waals surface area (Å²) in [7, 11) is 0. The Labute approximate surface area is 106 Å². The fourth-order valence-corrected chi connectivity index (χ4v) is 2.52. The lowest BCUT2D eigenvalue weighted by molar-refractivity contribution is 0.289. The summed E-state index contributed by atoms with van der Waals surface area (Å²) in [4.78, 5) is 0. The van der Waals surface area contributed by atoms with Gasteiger partial charge in [0.1, 0.15) is 11.6 Å². The van der Waals surface area contributed by atoms with E-state index >= 15 is 0 Å². The SMILES string of the molecule is Cc1ccccc1-c1cc(F)cc2c1OCCC2. The highest BCUT2D eigenvalue weighted by atomic mass is 19.1. The minimum absolute atomic E-state index is 0.183. The van der Waals surface area contributed by atoms with Gasteiger partial charge in [0.05, 0.1) is 6.61 Å².